The largest absolute Gasteiger partial charge is 0.342 e. The smallest absolute Gasteiger partial charge is 0.248 e. The van der Waals surface area contributed by atoms with E-state index in [1.807, 2.05) is 30.5 Å². The molecule has 1 N–H and O–H groups in total. The molecule has 4 nitrogen and oxygen atoms in total. The second kappa shape index (κ2) is 6.83. The van der Waals surface area contributed by atoms with Gasteiger partial charge in [-0.15, -0.1) is 0 Å². The average Bonchev–Trinajstić information content (AvgIpc) is 2.56. The van der Waals surface area contributed by atoms with Crippen LogP contribution in [-0.2, 0) is 9.59 Å². The summed E-state index contributed by atoms with van der Waals surface area (Å²) in [5.74, 6) is 0.0409. The number of amides is 2. The first-order valence-corrected chi connectivity index (χ1v) is 8.74. The molecule has 0 aromatic heterocycles. The molecule has 0 aliphatic carbocycles. The van der Waals surface area contributed by atoms with Crippen molar-refractivity contribution in [2.45, 2.75) is 63.7 Å². The Balaban J connectivity index is 2.98. The van der Waals surface area contributed by atoms with Crippen LogP contribution in [0.1, 0.15) is 53.4 Å². The van der Waals surface area contributed by atoms with Gasteiger partial charge >= 0.3 is 0 Å². The number of carbonyl (C=O) groups is 2. The Labute approximate surface area is 127 Å². The molecule has 1 unspecified atom stereocenters. The SMILES string of the molecule is CCC(CC)(CN1CCC(=O)NC(C)(CC)C1=O)SC. The van der Waals surface area contributed by atoms with Crippen molar-refractivity contribution in [3.63, 3.8) is 0 Å². The molecule has 1 aliphatic rings. The first kappa shape index (κ1) is 17.3. The molecule has 2 amide bonds. The van der Waals surface area contributed by atoms with Gasteiger partial charge in [0.1, 0.15) is 5.54 Å². The molecule has 1 fully saturated rings. The molecule has 1 aliphatic heterocycles. The van der Waals surface area contributed by atoms with Gasteiger partial charge in [0.15, 0.2) is 0 Å². The second-order valence-corrected chi connectivity index (χ2v) is 7.08. The molecule has 20 heavy (non-hydrogen) atoms. The van der Waals surface area contributed by atoms with E-state index < -0.39 is 5.54 Å². The zero-order chi connectivity index (χ0) is 15.4. The molecule has 0 bridgehead atoms. The molecule has 0 radical (unpaired) electrons. The molecule has 116 valence electrons. The maximum absolute atomic E-state index is 12.8. The predicted octanol–water partition coefficient (Wildman–Crippen LogP) is 2.43. The van der Waals surface area contributed by atoms with E-state index >= 15 is 0 Å². The van der Waals surface area contributed by atoms with Crippen molar-refractivity contribution in [3.8, 4) is 0 Å². The fourth-order valence-electron chi connectivity index (χ4n) is 2.68. The maximum atomic E-state index is 12.8. The fourth-order valence-corrected chi connectivity index (χ4v) is 3.54. The van der Waals surface area contributed by atoms with Crippen LogP contribution in [0, 0.1) is 0 Å². The van der Waals surface area contributed by atoms with Crippen LogP contribution in [-0.4, -0.2) is 46.3 Å². The molecule has 0 spiro atoms. The van der Waals surface area contributed by atoms with Crippen molar-refractivity contribution in [2.24, 2.45) is 0 Å². The Kier molecular flexibility index (Phi) is 5.92. The van der Waals surface area contributed by atoms with E-state index in [1.54, 1.807) is 0 Å². The molecule has 1 rings (SSSR count). The third-order valence-electron chi connectivity index (χ3n) is 4.69. The Morgan fingerprint density at radius 2 is 1.90 bits per heavy atom. The van der Waals surface area contributed by atoms with Gasteiger partial charge in [0.25, 0.3) is 0 Å². The number of nitrogens with zero attached hydrogens (tertiary/aromatic N) is 1. The van der Waals surface area contributed by atoms with Crippen molar-refractivity contribution in [2.75, 3.05) is 19.3 Å². The van der Waals surface area contributed by atoms with E-state index in [4.69, 9.17) is 0 Å². The minimum absolute atomic E-state index is 0.0204. The van der Waals surface area contributed by atoms with E-state index in [-0.39, 0.29) is 16.6 Å². The third-order valence-corrected chi connectivity index (χ3v) is 6.26. The lowest BCUT2D eigenvalue weighted by Gasteiger charge is -2.38. The third kappa shape index (κ3) is 3.48. The molecule has 0 aromatic carbocycles. The second-order valence-electron chi connectivity index (χ2n) is 5.80. The summed E-state index contributed by atoms with van der Waals surface area (Å²) >= 11 is 1.83. The first-order valence-electron chi connectivity index (χ1n) is 7.52. The van der Waals surface area contributed by atoms with Crippen molar-refractivity contribution in [3.05, 3.63) is 0 Å². The highest BCUT2D eigenvalue weighted by Crippen LogP contribution is 2.32. The molecule has 1 atom stereocenters. The monoisotopic (exact) mass is 300 g/mol. The lowest BCUT2D eigenvalue weighted by molar-refractivity contribution is -0.138. The van der Waals surface area contributed by atoms with Crippen molar-refractivity contribution >= 4 is 23.6 Å². The van der Waals surface area contributed by atoms with E-state index in [9.17, 15) is 9.59 Å². The molecule has 0 saturated carbocycles. The van der Waals surface area contributed by atoms with Crippen molar-refractivity contribution < 1.29 is 9.59 Å². The summed E-state index contributed by atoms with van der Waals surface area (Å²) in [6.07, 6.45) is 5.19. The van der Waals surface area contributed by atoms with Gasteiger partial charge in [0, 0.05) is 24.3 Å². The average molecular weight is 300 g/mol. The van der Waals surface area contributed by atoms with Gasteiger partial charge < -0.3 is 10.2 Å². The molecule has 0 aromatic rings. The lowest BCUT2D eigenvalue weighted by Crippen LogP contribution is -2.56. The number of nitrogens with one attached hydrogen (secondary N) is 1. The van der Waals surface area contributed by atoms with Crippen LogP contribution in [0.5, 0.6) is 0 Å². The molecular formula is C15H28N2O2S. The molecule has 1 heterocycles. The highest BCUT2D eigenvalue weighted by molar-refractivity contribution is 8.00. The lowest BCUT2D eigenvalue weighted by atomic mass is 9.95. The van der Waals surface area contributed by atoms with E-state index in [0.29, 0.717) is 19.4 Å². The van der Waals surface area contributed by atoms with Crippen LogP contribution in [0.3, 0.4) is 0 Å². The van der Waals surface area contributed by atoms with Gasteiger partial charge in [-0.2, -0.15) is 11.8 Å². The van der Waals surface area contributed by atoms with Crippen LogP contribution in [0.25, 0.3) is 0 Å². The van der Waals surface area contributed by atoms with E-state index in [1.165, 1.54) is 0 Å². The molecule has 1 saturated heterocycles. The van der Waals surface area contributed by atoms with Gasteiger partial charge in [-0.1, -0.05) is 20.8 Å². The molecular weight excluding hydrogens is 272 g/mol. The zero-order valence-corrected chi connectivity index (χ0v) is 14.2. The Bertz CT molecular complexity index is 361. The normalized spacial score (nSPS) is 24.6. The highest BCUT2D eigenvalue weighted by Gasteiger charge is 2.41. The number of thioether (sulfide) groups is 1. The topological polar surface area (TPSA) is 49.4 Å². The van der Waals surface area contributed by atoms with Crippen LogP contribution in [0.4, 0.5) is 0 Å². The summed E-state index contributed by atoms with van der Waals surface area (Å²) in [7, 11) is 0. The number of rotatable bonds is 6. The Hall–Kier alpha value is -0.710. The number of carbonyl (C=O) groups excluding carboxylic acids is 2. The zero-order valence-electron chi connectivity index (χ0n) is 13.4. The van der Waals surface area contributed by atoms with Gasteiger partial charge in [-0.05, 0) is 32.4 Å². The number of hydrogen-bond donors (Lipinski definition) is 1. The van der Waals surface area contributed by atoms with Crippen LogP contribution in [0.15, 0.2) is 0 Å². The summed E-state index contributed by atoms with van der Waals surface area (Å²) < 4.78 is 0.0949. The van der Waals surface area contributed by atoms with Crippen LogP contribution >= 0.6 is 11.8 Å². The molecule has 5 heteroatoms. The standard InChI is InChI=1S/C15H28N2O2S/c1-6-14(4)13(19)17(10-9-12(18)16-14)11-15(7-2,8-3)20-5/h6-11H2,1-5H3,(H,16,18). The van der Waals surface area contributed by atoms with E-state index in [2.05, 4.69) is 25.4 Å². The maximum Gasteiger partial charge on any atom is 0.248 e. The van der Waals surface area contributed by atoms with Gasteiger partial charge in [-0.3, -0.25) is 9.59 Å². The van der Waals surface area contributed by atoms with E-state index in [0.717, 1.165) is 19.4 Å². The minimum Gasteiger partial charge on any atom is -0.342 e. The fraction of sp³-hybridized carbons (Fsp3) is 0.867. The summed E-state index contributed by atoms with van der Waals surface area (Å²) in [5.41, 5.74) is -0.751. The Morgan fingerprint density at radius 1 is 1.30 bits per heavy atom. The van der Waals surface area contributed by atoms with Crippen molar-refractivity contribution in [1.29, 1.82) is 0 Å². The van der Waals surface area contributed by atoms with Gasteiger partial charge in [0.2, 0.25) is 11.8 Å². The summed E-state index contributed by atoms with van der Waals surface area (Å²) in [6.45, 7) is 9.38. The quantitative estimate of drug-likeness (QED) is 0.819. The summed E-state index contributed by atoms with van der Waals surface area (Å²) in [6, 6.07) is 0. The number of hydrogen-bond acceptors (Lipinski definition) is 3. The van der Waals surface area contributed by atoms with Crippen LogP contribution < -0.4 is 5.32 Å². The predicted molar refractivity (Wildman–Crippen MR) is 84.9 cm³/mol. The van der Waals surface area contributed by atoms with Crippen LogP contribution in [0.2, 0.25) is 0 Å². The minimum atomic E-state index is -0.751. The van der Waals surface area contributed by atoms with Crippen molar-refractivity contribution in [1.82, 2.24) is 10.2 Å². The van der Waals surface area contributed by atoms with Gasteiger partial charge in [0.05, 0.1) is 0 Å². The summed E-state index contributed by atoms with van der Waals surface area (Å²) in [5, 5.41) is 2.89. The van der Waals surface area contributed by atoms with Gasteiger partial charge in [-0.25, -0.2) is 0 Å². The first-order chi connectivity index (χ1) is 9.36. The highest BCUT2D eigenvalue weighted by atomic mass is 32.2. The summed E-state index contributed by atoms with van der Waals surface area (Å²) in [4.78, 5) is 26.5. The Morgan fingerprint density at radius 3 is 2.35 bits per heavy atom.